The van der Waals surface area contributed by atoms with E-state index in [1.165, 1.54) is 12.0 Å². The van der Waals surface area contributed by atoms with E-state index in [0.29, 0.717) is 35.7 Å². The highest BCUT2D eigenvalue weighted by atomic mass is 16.5. The lowest BCUT2D eigenvalue weighted by molar-refractivity contribution is -0.140. The van der Waals surface area contributed by atoms with Crippen molar-refractivity contribution in [1.29, 1.82) is 0 Å². The summed E-state index contributed by atoms with van der Waals surface area (Å²) in [6.07, 6.45) is 0. The first-order valence-electron chi connectivity index (χ1n) is 11.2. The number of likely N-dealkylation sites (tertiary alicyclic amines) is 1. The number of nitrogens with zero attached hydrogens (tertiary/aromatic N) is 2. The van der Waals surface area contributed by atoms with Gasteiger partial charge in [0.05, 0.1) is 25.8 Å². The van der Waals surface area contributed by atoms with Gasteiger partial charge in [-0.3, -0.25) is 9.59 Å². The van der Waals surface area contributed by atoms with E-state index < -0.39 is 17.7 Å². The number of aryl methyl sites for hydroxylation is 1. The Bertz CT molecular complexity index is 1040. The van der Waals surface area contributed by atoms with Gasteiger partial charge in [0.2, 0.25) is 0 Å². The molecule has 2 aromatic carbocycles. The molecule has 1 aliphatic heterocycles. The van der Waals surface area contributed by atoms with Crippen LogP contribution in [0.1, 0.15) is 36.6 Å². The van der Waals surface area contributed by atoms with E-state index in [1.54, 1.807) is 37.4 Å². The maximum atomic E-state index is 13.2. The zero-order valence-corrected chi connectivity index (χ0v) is 19.9. The quantitative estimate of drug-likeness (QED) is 0.354. The molecule has 7 nitrogen and oxygen atoms in total. The average molecular weight is 453 g/mol. The molecule has 0 spiro atoms. The van der Waals surface area contributed by atoms with Gasteiger partial charge >= 0.3 is 0 Å². The fourth-order valence-corrected chi connectivity index (χ4v) is 4.14. The largest absolute Gasteiger partial charge is 0.507 e. The third kappa shape index (κ3) is 4.88. The number of carbonyl (C=O) groups is 2. The maximum absolute atomic E-state index is 13.2. The monoisotopic (exact) mass is 452 g/mol. The second kappa shape index (κ2) is 10.5. The molecule has 7 heteroatoms. The number of methoxy groups -OCH3 is 2. The van der Waals surface area contributed by atoms with Gasteiger partial charge in [-0.2, -0.15) is 0 Å². The first kappa shape index (κ1) is 24.3. The molecule has 1 fully saturated rings. The number of rotatable bonds is 9. The topological polar surface area (TPSA) is 79.3 Å². The number of aliphatic hydroxyl groups excluding tert-OH is 1. The predicted molar refractivity (Wildman–Crippen MR) is 128 cm³/mol. The Kier molecular flexibility index (Phi) is 7.76. The molecule has 1 atom stereocenters. The average Bonchev–Trinajstić information content (AvgIpc) is 3.09. The number of amides is 1. The van der Waals surface area contributed by atoms with Crippen molar-refractivity contribution in [3.63, 3.8) is 0 Å². The van der Waals surface area contributed by atoms with E-state index in [4.69, 9.17) is 9.47 Å². The van der Waals surface area contributed by atoms with Crippen LogP contribution in [-0.2, 0) is 9.59 Å². The number of Topliss-reactive ketones (excluding diaryl/α,β-unsaturated/α-hetero) is 1. The van der Waals surface area contributed by atoms with E-state index in [0.717, 1.165) is 18.7 Å². The van der Waals surface area contributed by atoms with Crippen molar-refractivity contribution in [3.05, 3.63) is 64.7 Å². The van der Waals surface area contributed by atoms with Crippen molar-refractivity contribution in [1.82, 2.24) is 9.80 Å². The van der Waals surface area contributed by atoms with Crippen molar-refractivity contribution < 1.29 is 24.2 Å². The summed E-state index contributed by atoms with van der Waals surface area (Å²) in [4.78, 5) is 30.1. The van der Waals surface area contributed by atoms with Crippen LogP contribution in [0.25, 0.3) is 5.76 Å². The standard InChI is InChI=1S/C26H32N2O5/c1-6-27(7-2)14-15-28-23(20-16-19(32-4)12-13-21(20)33-5)22(25(30)26(28)31)24(29)18-10-8-17(3)9-11-18/h8-13,16,23,29H,6-7,14-15H2,1-5H3/t23-/m0/s1. The molecule has 1 aliphatic rings. The molecule has 2 aromatic rings. The summed E-state index contributed by atoms with van der Waals surface area (Å²) < 4.78 is 11.0. The lowest BCUT2D eigenvalue weighted by atomic mass is 9.94. The highest BCUT2D eigenvalue weighted by molar-refractivity contribution is 6.46. The molecule has 0 bridgehead atoms. The number of benzene rings is 2. The molecule has 0 radical (unpaired) electrons. The molecule has 0 unspecified atom stereocenters. The molecule has 1 amide bonds. The minimum Gasteiger partial charge on any atom is -0.507 e. The van der Waals surface area contributed by atoms with Crippen LogP contribution >= 0.6 is 0 Å². The Hall–Kier alpha value is -3.32. The Morgan fingerprint density at radius 3 is 2.27 bits per heavy atom. The summed E-state index contributed by atoms with van der Waals surface area (Å²) in [6, 6.07) is 11.6. The number of carbonyl (C=O) groups excluding carboxylic acids is 2. The third-order valence-electron chi connectivity index (χ3n) is 6.15. The van der Waals surface area contributed by atoms with Gasteiger partial charge in [-0.25, -0.2) is 0 Å². The van der Waals surface area contributed by atoms with Crippen LogP contribution in [0.5, 0.6) is 11.5 Å². The summed E-state index contributed by atoms with van der Waals surface area (Å²) in [7, 11) is 3.09. The Morgan fingerprint density at radius 2 is 1.70 bits per heavy atom. The highest BCUT2D eigenvalue weighted by Gasteiger charge is 2.47. The van der Waals surface area contributed by atoms with Crippen LogP contribution in [0.15, 0.2) is 48.0 Å². The minimum absolute atomic E-state index is 0.0509. The van der Waals surface area contributed by atoms with Gasteiger partial charge in [0.15, 0.2) is 0 Å². The smallest absolute Gasteiger partial charge is 0.295 e. The molecule has 0 saturated carbocycles. The summed E-state index contributed by atoms with van der Waals surface area (Å²) in [5.74, 6) is -0.470. The number of hydrogen-bond donors (Lipinski definition) is 1. The van der Waals surface area contributed by atoms with Crippen molar-refractivity contribution in [2.45, 2.75) is 26.8 Å². The van der Waals surface area contributed by atoms with Crippen LogP contribution in [-0.4, -0.2) is 67.0 Å². The number of aliphatic hydroxyl groups is 1. The van der Waals surface area contributed by atoms with E-state index in [9.17, 15) is 14.7 Å². The first-order chi connectivity index (χ1) is 15.9. The molecule has 1 saturated heterocycles. The van der Waals surface area contributed by atoms with Gasteiger partial charge in [0.25, 0.3) is 11.7 Å². The zero-order valence-electron chi connectivity index (χ0n) is 19.9. The third-order valence-corrected chi connectivity index (χ3v) is 6.15. The molecule has 3 rings (SSSR count). The number of hydrogen-bond acceptors (Lipinski definition) is 6. The fourth-order valence-electron chi connectivity index (χ4n) is 4.14. The van der Waals surface area contributed by atoms with Crippen LogP contribution in [0.3, 0.4) is 0 Å². The molecular weight excluding hydrogens is 420 g/mol. The van der Waals surface area contributed by atoms with Gasteiger partial charge in [-0.15, -0.1) is 0 Å². The van der Waals surface area contributed by atoms with Crippen molar-refractivity contribution >= 4 is 17.4 Å². The summed E-state index contributed by atoms with van der Waals surface area (Å²) >= 11 is 0. The number of likely N-dealkylation sites (N-methyl/N-ethyl adjacent to an activating group) is 1. The highest BCUT2D eigenvalue weighted by Crippen LogP contribution is 2.43. The van der Waals surface area contributed by atoms with Crippen molar-refractivity contribution in [3.8, 4) is 11.5 Å². The van der Waals surface area contributed by atoms with Gasteiger partial charge < -0.3 is 24.4 Å². The number of ketones is 1. The predicted octanol–water partition coefficient (Wildman–Crippen LogP) is 3.78. The van der Waals surface area contributed by atoms with E-state index in [1.807, 2.05) is 19.1 Å². The maximum Gasteiger partial charge on any atom is 0.295 e. The molecular formula is C26H32N2O5. The normalized spacial score (nSPS) is 17.6. The second-order valence-electron chi connectivity index (χ2n) is 7.99. The van der Waals surface area contributed by atoms with E-state index in [2.05, 4.69) is 18.7 Å². The van der Waals surface area contributed by atoms with E-state index >= 15 is 0 Å². The summed E-state index contributed by atoms with van der Waals surface area (Å²) in [6.45, 7) is 8.65. The molecule has 0 aliphatic carbocycles. The Morgan fingerprint density at radius 1 is 1.03 bits per heavy atom. The minimum atomic E-state index is -0.799. The molecule has 1 heterocycles. The van der Waals surface area contributed by atoms with Gasteiger partial charge in [-0.1, -0.05) is 43.7 Å². The first-order valence-corrected chi connectivity index (χ1v) is 11.2. The summed E-state index contributed by atoms with van der Waals surface area (Å²) in [5, 5.41) is 11.2. The van der Waals surface area contributed by atoms with Crippen LogP contribution in [0.2, 0.25) is 0 Å². The summed E-state index contributed by atoms with van der Waals surface area (Å²) in [5.41, 5.74) is 2.14. The van der Waals surface area contributed by atoms with Gasteiger partial charge in [-0.05, 0) is 38.2 Å². The van der Waals surface area contributed by atoms with Crippen LogP contribution in [0.4, 0.5) is 0 Å². The van der Waals surface area contributed by atoms with Crippen LogP contribution in [0, 0.1) is 6.92 Å². The van der Waals surface area contributed by atoms with Gasteiger partial charge in [0.1, 0.15) is 17.3 Å². The van der Waals surface area contributed by atoms with E-state index in [-0.39, 0.29) is 11.3 Å². The molecule has 176 valence electrons. The number of ether oxygens (including phenoxy) is 2. The SMILES string of the molecule is CCN(CC)CCN1C(=O)C(=O)C(=C(O)c2ccc(C)cc2)[C@@H]1c1cc(OC)ccc1OC. The van der Waals surface area contributed by atoms with Crippen molar-refractivity contribution in [2.75, 3.05) is 40.4 Å². The van der Waals surface area contributed by atoms with Crippen LogP contribution < -0.4 is 9.47 Å². The lowest BCUT2D eigenvalue weighted by Gasteiger charge is -2.29. The Labute approximate surface area is 195 Å². The fraction of sp³-hybridized carbons (Fsp3) is 0.385. The zero-order chi connectivity index (χ0) is 24.1. The van der Waals surface area contributed by atoms with Crippen molar-refractivity contribution in [2.24, 2.45) is 0 Å². The lowest BCUT2D eigenvalue weighted by Crippen LogP contribution is -2.38. The molecule has 33 heavy (non-hydrogen) atoms. The molecule has 0 aromatic heterocycles. The molecule has 1 N–H and O–H groups in total. The second-order valence-corrected chi connectivity index (χ2v) is 7.99. The Balaban J connectivity index is 2.19. The van der Waals surface area contributed by atoms with Gasteiger partial charge in [0, 0.05) is 24.2 Å².